The Hall–Kier alpha value is -3.13. The number of nitrogens with one attached hydrogen (secondary N) is 1. The van der Waals surface area contributed by atoms with Gasteiger partial charge >= 0.3 is 0 Å². The van der Waals surface area contributed by atoms with Gasteiger partial charge in [0.15, 0.2) is 27.9 Å². The first-order valence-electron chi connectivity index (χ1n) is 8.05. The van der Waals surface area contributed by atoms with Crippen LogP contribution in [0.4, 0.5) is 5.13 Å². The van der Waals surface area contributed by atoms with Crippen molar-refractivity contribution in [3.63, 3.8) is 0 Å². The van der Waals surface area contributed by atoms with Crippen LogP contribution >= 0.6 is 11.3 Å². The van der Waals surface area contributed by atoms with Gasteiger partial charge in [0, 0.05) is 23.5 Å². The zero-order valence-electron chi connectivity index (χ0n) is 14.2. The number of aromatic nitrogens is 3. The SMILES string of the molecule is CCn1ccc(C(=O)Nc2nc(-c3cc4cccc(OC)c4o3)cs2)n1. The second kappa shape index (κ2) is 6.64. The van der Waals surface area contributed by atoms with E-state index in [2.05, 4.69) is 15.4 Å². The minimum absolute atomic E-state index is 0.288. The molecule has 0 radical (unpaired) electrons. The van der Waals surface area contributed by atoms with Gasteiger partial charge in [-0.1, -0.05) is 12.1 Å². The van der Waals surface area contributed by atoms with Gasteiger partial charge in [-0.3, -0.25) is 14.8 Å². The number of fused-ring (bicyclic) bond motifs is 1. The van der Waals surface area contributed by atoms with E-state index < -0.39 is 0 Å². The number of para-hydroxylation sites is 1. The molecule has 4 rings (SSSR count). The highest BCUT2D eigenvalue weighted by Crippen LogP contribution is 2.34. The van der Waals surface area contributed by atoms with Crippen molar-refractivity contribution in [3.8, 4) is 17.2 Å². The number of hydrogen-bond donors (Lipinski definition) is 1. The molecule has 0 aliphatic heterocycles. The zero-order chi connectivity index (χ0) is 18.1. The summed E-state index contributed by atoms with van der Waals surface area (Å²) >= 11 is 1.33. The smallest absolute Gasteiger partial charge is 0.277 e. The summed E-state index contributed by atoms with van der Waals surface area (Å²) in [5.74, 6) is 1.00. The van der Waals surface area contributed by atoms with Crippen LogP contribution in [-0.4, -0.2) is 27.8 Å². The molecular formula is C18H16N4O3S. The number of ether oxygens (including phenoxy) is 1. The standard InChI is InChI=1S/C18H16N4O3S/c1-3-22-8-7-12(21-22)17(23)20-18-19-13(10-26-18)15-9-11-5-4-6-14(24-2)16(11)25-15/h4-10H,3H2,1-2H3,(H,19,20,23). The highest BCUT2D eigenvalue weighted by atomic mass is 32.1. The second-order valence-electron chi connectivity index (χ2n) is 5.54. The van der Waals surface area contributed by atoms with Gasteiger partial charge in [-0.15, -0.1) is 11.3 Å². The highest BCUT2D eigenvalue weighted by molar-refractivity contribution is 7.14. The van der Waals surface area contributed by atoms with Gasteiger partial charge in [0.1, 0.15) is 5.69 Å². The fourth-order valence-electron chi connectivity index (χ4n) is 2.59. The topological polar surface area (TPSA) is 82.2 Å². The predicted octanol–water partition coefficient (Wildman–Crippen LogP) is 4.03. The lowest BCUT2D eigenvalue weighted by molar-refractivity contribution is 0.102. The molecule has 1 aromatic carbocycles. The molecule has 0 bridgehead atoms. The number of rotatable bonds is 5. The van der Waals surface area contributed by atoms with E-state index >= 15 is 0 Å². The monoisotopic (exact) mass is 368 g/mol. The molecule has 8 heteroatoms. The summed E-state index contributed by atoms with van der Waals surface area (Å²) in [4.78, 5) is 16.7. The molecule has 0 saturated carbocycles. The van der Waals surface area contributed by atoms with Gasteiger partial charge in [-0.05, 0) is 25.1 Å². The van der Waals surface area contributed by atoms with Gasteiger partial charge in [0.25, 0.3) is 5.91 Å². The summed E-state index contributed by atoms with van der Waals surface area (Å²) in [7, 11) is 1.60. The third-order valence-electron chi connectivity index (χ3n) is 3.90. The van der Waals surface area contributed by atoms with Crippen LogP contribution in [0, 0.1) is 0 Å². The van der Waals surface area contributed by atoms with E-state index in [0.717, 1.165) is 5.39 Å². The first-order valence-corrected chi connectivity index (χ1v) is 8.93. The molecule has 7 nitrogen and oxygen atoms in total. The third kappa shape index (κ3) is 2.95. The van der Waals surface area contributed by atoms with Crippen molar-refractivity contribution in [2.24, 2.45) is 0 Å². The minimum Gasteiger partial charge on any atom is -0.493 e. The van der Waals surface area contributed by atoms with Crippen LogP contribution in [0.15, 0.2) is 46.3 Å². The summed E-state index contributed by atoms with van der Waals surface area (Å²) in [5, 5.41) is 10.2. The van der Waals surface area contributed by atoms with Crippen LogP contribution in [0.5, 0.6) is 5.75 Å². The average molecular weight is 368 g/mol. The Balaban J connectivity index is 1.57. The molecule has 132 valence electrons. The van der Waals surface area contributed by atoms with E-state index in [4.69, 9.17) is 9.15 Å². The molecule has 3 heterocycles. The normalized spacial score (nSPS) is 11.0. The summed E-state index contributed by atoms with van der Waals surface area (Å²) in [5.41, 5.74) is 1.69. The molecule has 0 spiro atoms. The molecule has 0 unspecified atom stereocenters. The van der Waals surface area contributed by atoms with Gasteiger partial charge in [0.05, 0.1) is 7.11 Å². The van der Waals surface area contributed by atoms with Crippen LogP contribution in [-0.2, 0) is 6.54 Å². The Morgan fingerprint density at radius 3 is 3.04 bits per heavy atom. The lowest BCUT2D eigenvalue weighted by atomic mass is 10.2. The number of aryl methyl sites for hydroxylation is 1. The number of benzene rings is 1. The van der Waals surface area contributed by atoms with Gasteiger partial charge in [-0.2, -0.15) is 5.10 Å². The Labute approximate surface area is 153 Å². The number of nitrogens with zero attached hydrogens (tertiary/aromatic N) is 3. The number of carbonyl (C=O) groups excluding carboxylic acids is 1. The van der Waals surface area contributed by atoms with E-state index in [1.807, 2.05) is 36.6 Å². The summed E-state index contributed by atoms with van der Waals surface area (Å²) in [6, 6.07) is 9.28. The van der Waals surface area contributed by atoms with Crippen molar-refractivity contribution in [3.05, 3.63) is 47.6 Å². The lowest BCUT2D eigenvalue weighted by Gasteiger charge is -1.98. The number of hydrogen-bond acceptors (Lipinski definition) is 6. The Morgan fingerprint density at radius 2 is 2.27 bits per heavy atom. The average Bonchev–Trinajstić information content (AvgIpc) is 3.39. The number of carbonyl (C=O) groups is 1. The van der Waals surface area contributed by atoms with E-state index in [1.165, 1.54) is 11.3 Å². The van der Waals surface area contributed by atoms with Crippen molar-refractivity contribution < 1.29 is 13.9 Å². The lowest BCUT2D eigenvalue weighted by Crippen LogP contribution is -2.13. The number of thiazole rings is 1. The fraction of sp³-hybridized carbons (Fsp3) is 0.167. The van der Waals surface area contributed by atoms with Crippen LogP contribution in [0.3, 0.4) is 0 Å². The Kier molecular flexibility index (Phi) is 4.18. The van der Waals surface area contributed by atoms with Crippen molar-refractivity contribution in [2.75, 3.05) is 12.4 Å². The number of amides is 1. The van der Waals surface area contributed by atoms with Crippen LogP contribution in [0.1, 0.15) is 17.4 Å². The van der Waals surface area contributed by atoms with E-state index in [0.29, 0.717) is 40.2 Å². The number of furan rings is 1. The van der Waals surface area contributed by atoms with Crippen molar-refractivity contribution in [2.45, 2.75) is 13.5 Å². The maximum Gasteiger partial charge on any atom is 0.277 e. The Morgan fingerprint density at radius 1 is 1.38 bits per heavy atom. The molecule has 1 N–H and O–H groups in total. The largest absolute Gasteiger partial charge is 0.493 e. The molecule has 0 atom stereocenters. The highest BCUT2D eigenvalue weighted by Gasteiger charge is 2.15. The molecule has 26 heavy (non-hydrogen) atoms. The fourth-order valence-corrected chi connectivity index (χ4v) is 3.28. The molecule has 1 amide bonds. The minimum atomic E-state index is -0.288. The van der Waals surface area contributed by atoms with Gasteiger partial charge < -0.3 is 9.15 Å². The van der Waals surface area contributed by atoms with Crippen LogP contribution in [0.2, 0.25) is 0 Å². The molecule has 4 aromatic rings. The quantitative estimate of drug-likeness (QED) is 0.575. The molecule has 3 aromatic heterocycles. The van der Waals surface area contributed by atoms with Crippen molar-refractivity contribution in [1.29, 1.82) is 0 Å². The van der Waals surface area contributed by atoms with Crippen LogP contribution in [0.25, 0.3) is 22.4 Å². The summed E-state index contributed by atoms with van der Waals surface area (Å²) < 4.78 is 12.9. The van der Waals surface area contributed by atoms with Gasteiger partial charge in [0.2, 0.25) is 0 Å². The Bertz CT molecular complexity index is 1080. The maximum atomic E-state index is 12.3. The molecule has 0 saturated heterocycles. The van der Waals surface area contributed by atoms with Crippen LogP contribution < -0.4 is 10.1 Å². The van der Waals surface area contributed by atoms with Crippen molar-refractivity contribution >= 4 is 33.3 Å². The predicted molar refractivity (Wildman–Crippen MR) is 99.7 cm³/mol. The van der Waals surface area contributed by atoms with Crippen molar-refractivity contribution in [1.82, 2.24) is 14.8 Å². The number of methoxy groups -OCH3 is 1. The van der Waals surface area contributed by atoms with E-state index in [9.17, 15) is 4.79 Å². The van der Waals surface area contributed by atoms with E-state index in [-0.39, 0.29) is 5.91 Å². The second-order valence-corrected chi connectivity index (χ2v) is 6.40. The first-order chi connectivity index (χ1) is 12.7. The summed E-state index contributed by atoms with van der Waals surface area (Å²) in [6.45, 7) is 2.67. The molecule has 0 fully saturated rings. The first kappa shape index (κ1) is 16.3. The van der Waals surface area contributed by atoms with Gasteiger partial charge in [-0.25, -0.2) is 4.98 Å². The summed E-state index contributed by atoms with van der Waals surface area (Å²) in [6.07, 6.45) is 1.77. The third-order valence-corrected chi connectivity index (χ3v) is 4.66. The molecule has 0 aliphatic carbocycles. The van der Waals surface area contributed by atoms with E-state index in [1.54, 1.807) is 24.1 Å². The zero-order valence-corrected chi connectivity index (χ0v) is 15.0. The molecule has 0 aliphatic rings. The number of anilines is 1. The molecular weight excluding hydrogens is 352 g/mol. The maximum absolute atomic E-state index is 12.3.